The lowest BCUT2D eigenvalue weighted by molar-refractivity contribution is -0.269. The number of benzene rings is 1. The highest BCUT2D eigenvalue weighted by atomic mass is 19.4. The first-order valence-corrected chi connectivity index (χ1v) is 10.7. The molecule has 0 aliphatic carbocycles. The van der Waals surface area contributed by atoms with E-state index in [1.165, 1.54) is 12.4 Å². The average Bonchev–Trinajstić information content (AvgIpc) is 3.38. The Labute approximate surface area is 201 Å². The van der Waals surface area contributed by atoms with Gasteiger partial charge in [0.2, 0.25) is 0 Å². The summed E-state index contributed by atoms with van der Waals surface area (Å²) < 4.78 is 37.3. The number of carbonyl (C=O) groups excluding carboxylic acids is 2. The highest BCUT2D eigenvalue weighted by Gasteiger charge is 2.43. The summed E-state index contributed by atoms with van der Waals surface area (Å²) in [5, 5.41) is 0. The Morgan fingerprint density at radius 3 is 2.47 bits per heavy atom. The van der Waals surface area contributed by atoms with E-state index in [0.29, 0.717) is 29.1 Å². The molecule has 36 heavy (non-hydrogen) atoms. The third kappa shape index (κ3) is 4.13. The summed E-state index contributed by atoms with van der Waals surface area (Å²) in [5.41, 5.74) is 4.56. The summed E-state index contributed by atoms with van der Waals surface area (Å²) >= 11 is 0. The molecule has 4 aromatic rings. The minimum atomic E-state index is -5.32. The van der Waals surface area contributed by atoms with Crippen LogP contribution in [0.25, 0.3) is 33.9 Å². The smallest absolute Gasteiger partial charge is 0.337 e. The molecule has 0 radical (unpaired) electrons. The second-order valence-electron chi connectivity index (χ2n) is 7.69. The Kier molecular flexibility index (Phi) is 5.63. The monoisotopic (exact) mass is 495 g/mol. The van der Waals surface area contributed by atoms with Crippen LogP contribution < -0.4 is 4.90 Å². The maximum atomic E-state index is 12.7. The minimum absolute atomic E-state index is 0.210. The topological polar surface area (TPSA) is 110 Å². The molecule has 1 aliphatic rings. The Balaban J connectivity index is 1.52. The molecule has 0 fully saturated rings. The molecule has 2 bridgehead atoms. The average molecular weight is 495 g/mol. The second kappa shape index (κ2) is 8.80. The van der Waals surface area contributed by atoms with E-state index < -0.39 is 18.2 Å². The van der Waals surface area contributed by atoms with Crippen LogP contribution in [-0.4, -0.2) is 38.2 Å². The lowest BCUT2D eigenvalue weighted by Gasteiger charge is -2.28. The maximum absolute atomic E-state index is 12.7. The van der Waals surface area contributed by atoms with Crippen molar-refractivity contribution < 1.29 is 32.5 Å². The molecule has 0 saturated carbocycles. The summed E-state index contributed by atoms with van der Waals surface area (Å²) in [4.78, 5) is 48.8. The van der Waals surface area contributed by atoms with Crippen LogP contribution in [0.3, 0.4) is 0 Å². The van der Waals surface area contributed by atoms with Crippen molar-refractivity contribution >= 4 is 23.4 Å². The quantitative estimate of drug-likeness (QED) is 0.300. The molecule has 0 unspecified atom stereocenters. The van der Waals surface area contributed by atoms with E-state index in [4.69, 9.17) is 0 Å². The fourth-order valence-electron chi connectivity index (χ4n) is 3.81. The van der Waals surface area contributed by atoms with Gasteiger partial charge in [0.1, 0.15) is 5.69 Å². The Morgan fingerprint density at radius 2 is 1.75 bits per heavy atom. The van der Waals surface area contributed by atoms with Gasteiger partial charge in [-0.25, -0.2) is 29.2 Å². The number of fused-ring (bicyclic) bond motifs is 4. The summed E-state index contributed by atoms with van der Waals surface area (Å²) in [6, 6.07) is 12.9. The van der Waals surface area contributed by atoms with Crippen molar-refractivity contribution in [3.8, 4) is 33.9 Å². The number of nitrogens with zero attached hydrogens (tertiary/aromatic N) is 4. The van der Waals surface area contributed by atoms with Gasteiger partial charge in [0.15, 0.2) is 5.82 Å². The highest BCUT2D eigenvalue weighted by molar-refractivity contribution is 6.04. The molecule has 12 heteroatoms. The van der Waals surface area contributed by atoms with Gasteiger partial charge in [-0.1, -0.05) is 37.3 Å². The normalized spacial score (nSPS) is 12.2. The first-order chi connectivity index (χ1) is 17.3. The van der Waals surface area contributed by atoms with E-state index in [1.54, 1.807) is 18.3 Å². The Hall–Kier alpha value is -4.74. The lowest BCUT2D eigenvalue weighted by atomic mass is 9.96. The Morgan fingerprint density at radius 1 is 0.972 bits per heavy atom. The molecule has 1 N–H and O–H groups in total. The number of pyridine rings is 2. The summed E-state index contributed by atoms with van der Waals surface area (Å²) in [7, 11) is 0. The van der Waals surface area contributed by atoms with E-state index in [-0.39, 0.29) is 11.4 Å². The van der Waals surface area contributed by atoms with Crippen LogP contribution >= 0.6 is 0 Å². The van der Waals surface area contributed by atoms with E-state index in [2.05, 4.69) is 29.7 Å². The van der Waals surface area contributed by atoms with Gasteiger partial charge in [0.05, 0.1) is 35.7 Å². The van der Waals surface area contributed by atoms with Gasteiger partial charge in [-0.15, -0.1) is 0 Å². The van der Waals surface area contributed by atoms with E-state index >= 15 is 0 Å². The van der Waals surface area contributed by atoms with Gasteiger partial charge in [0.25, 0.3) is 0 Å². The number of rotatable bonds is 3. The summed E-state index contributed by atoms with van der Waals surface area (Å²) in [5.74, 6) is -2.19. The number of hydrogen-bond acceptors (Lipinski definition) is 7. The zero-order chi connectivity index (χ0) is 25.4. The SMILES string of the molecule is CCc1ncc2cc1-c1cc(-c3ncc(-c4ccccc4)[nH]3)ncc1N2C(=O)OOC(=O)C(F)(F)F. The number of aryl methyl sites for hydroxylation is 1. The largest absolute Gasteiger partial charge is 0.495 e. The second-order valence-corrected chi connectivity index (χ2v) is 7.69. The molecular weight excluding hydrogens is 479 g/mol. The summed E-state index contributed by atoms with van der Waals surface area (Å²) in [6.07, 6.45) is -1.71. The molecule has 1 amide bonds. The third-order valence-electron chi connectivity index (χ3n) is 5.47. The van der Waals surface area contributed by atoms with Crippen LogP contribution in [0.15, 0.2) is 61.1 Å². The van der Waals surface area contributed by atoms with Crippen molar-refractivity contribution in [2.75, 3.05) is 4.90 Å². The first kappa shape index (κ1) is 23.0. The van der Waals surface area contributed by atoms with Gasteiger partial charge >= 0.3 is 18.2 Å². The molecule has 0 atom stereocenters. The van der Waals surface area contributed by atoms with Crippen LogP contribution in [-0.2, 0) is 21.0 Å². The van der Waals surface area contributed by atoms with Crippen LogP contribution in [0.1, 0.15) is 12.6 Å². The van der Waals surface area contributed by atoms with E-state index in [9.17, 15) is 22.8 Å². The highest BCUT2D eigenvalue weighted by Crippen LogP contribution is 2.44. The number of H-pyrrole nitrogens is 1. The van der Waals surface area contributed by atoms with Gasteiger partial charge in [-0.2, -0.15) is 13.2 Å². The van der Waals surface area contributed by atoms with Crippen molar-refractivity contribution in [1.82, 2.24) is 19.9 Å². The molecule has 0 spiro atoms. The van der Waals surface area contributed by atoms with Crippen LogP contribution in [0.4, 0.5) is 29.3 Å². The number of halogens is 3. The number of hydrogen-bond donors (Lipinski definition) is 1. The molecule has 9 nitrogen and oxygen atoms in total. The minimum Gasteiger partial charge on any atom is -0.337 e. The molecule has 1 aromatic carbocycles. The predicted octanol–water partition coefficient (Wildman–Crippen LogP) is 5.37. The fraction of sp³-hybridized carbons (Fsp3) is 0.125. The molecule has 0 saturated heterocycles. The number of amides is 1. The zero-order valence-corrected chi connectivity index (χ0v) is 18.5. The fourth-order valence-corrected chi connectivity index (χ4v) is 3.81. The maximum Gasteiger partial charge on any atom is 0.495 e. The molecule has 4 heterocycles. The number of carbonyl (C=O) groups is 2. The van der Waals surface area contributed by atoms with Crippen molar-refractivity contribution in [3.05, 3.63) is 66.7 Å². The van der Waals surface area contributed by atoms with Crippen molar-refractivity contribution in [1.29, 1.82) is 0 Å². The zero-order valence-electron chi connectivity index (χ0n) is 18.5. The Bertz CT molecular complexity index is 1470. The van der Waals surface area contributed by atoms with E-state index in [0.717, 1.165) is 21.9 Å². The molecule has 3 aromatic heterocycles. The van der Waals surface area contributed by atoms with Crippen LogP contribution in [0.5, 0.6) is 0 Å². The van der Waals surface area contributed by atoms with Crippen LogP contribution in [0.2, 0.25) is 0 Å². The number of nitrogens with one attached hydrogen (secondary N) is 1. The number of alkyl halides is 3. The molecule has 182 valence electrons. The van der Waals surface area contributed by atoms with Gasteiger partial charge < -0.3 is 4.98 Å². The van der Waals surface area contributed by atoms with Gasteiger partial charge in [-0.3, -0.25) is 9.97 Å². The molecule has 5 rings (SSSR count). The van der Waals surface area contributed by atoms with Crippen molar-refractivity contribution in [2.24, 2.45) is 0 Å². The lowest BCUT2D eigenvalue weighted by Crippen LogP contribution is -2.33. The standard InChI is InChI=1S/C24H16F3N5O4/c1-2-17-15-8-14(10-28-17)32(23(34)36-35-22(33)24(25,26)27)20-12-29-18(9-16(15)20)21-30-11-19(31-21)13-6-4-3-5-7-13/h3-12H,2H2,1H3,(H,30,31). The third-order valence-corrected chi connectivity index (χ3v) is 5.47. The van der Waals surface area contributed by atoms with Gasteiger partial charge in [0, 0.05) is 16.8 Å². The predicted molar refractivity (Wildman–Crippen MR) is 121 cm³/mol. The number of aromatic nitrogens is 4. The van der Waals surface area contributed by atoms with Crippen LogP contribution in [0, 0.1) is 0 Å². The van der Waals surface area contributed by atoms with E-state index in [1.807, 2.05) is 37.3 Å². The number of anilines is 2. The molecule has 1 aliphatic heterocycles. The molecular formula is C24H16F3N5O4. The number of imidazole rings is 1. The van der Waals surface area contributed by atoms with Crippen molar-refractivity contribution in [2.45, 2.75) is 19.5 Å². The first-order valence-electron chi connectivity index (χ1n) is 10.7. The van der Waals surface area contributed by atoms with Gasteiger partial charge in [-0.05, 0) is 24.1 Å². The number of aromatic amines is 1. The van der Waals surface area contributed by atoms with Crippen molar-refractivity contribution in [3.63, 3.8) is 0 Å². The summed E-state index contributed by atoms with van der Waals surface area (Å²) in [6.45, 7) is 1.91.